The number of amides is 1. The van der Waals surface area contributed by atoms with Gasteiger partial charge in [0.2, 0.25) is 5.91 Å². The maximum atomic E-state index is 13.6. The fourth-order valence-corrected chi connectivity index (χ4v) is 6.70. The number of fused-ring (bicyclic) bond motifs is 1. The van der Waals surface area contributed by atoms with Crippen LogP contribution in [0.3, 0.4) is 0 Å². The van der Waals surface area contributed by atoms with Crippen molar-refractivity contribution < 1.29 is 38.4 Å². The predicted octanol–water partition coefficient (Wildman–Crippen LogP) is 8.29. The molecular weight excluding hydrogens is 622 g/mol. The lowest BCUT2D eigenvalue weighted by molar-refractivity contribution is -0.369. The van der Waals surface area contributed by atoms with Crippen LogP contribution in [0.4, 0.5) is 0 Å². The molecule has 0 saturated carbocycles. The molecule has 0 unspecified atom stereocenters. The summed E-state index contributed by atoms with van der Waals surface area (Å²) in [5.74, 6) is -1.47. The highest BCUT2D eigenvalue weighted by Crippen LogP contribution is 2.33. The number of unbranched alkanes of at least 4 members (excludes halogenated alkanes) is 14. The topological polar surface area (TPSA) is 113 Å². The van der Waals surface area contributed by atoms with Crippen molar-refractivity contribution in [3.8, 4) is 0 Å². The van der Waals surface area contributed by atoms with Crippen LogP contribution >= 0.6 is 0 Å². The van der Waals surface area contributed by atoms with Gasteiger partial charge in [-0.05, 0) is 38.7 Å². The van der Waals surface area contributed by atoms with E-state index in [1.165, 1.54) is 64.2 Å². The summed E-state index contributed by atoms with van der Waals surface area (Å²) in [5.41, 5.74) is 0.943. The summed E-state index contributed by atoms with van der Waals surface area (Å²) in [5, 5.41) is 14.5. The molecule has 1 amide bonds. The Labute approximate surface area is 296 Å². The van der Waals surface area contributed by atoms with Crippen molar-refractivity contribution in [1.29, 1.82) is 0 Å². The minimum Gasteiger partial charge on any atom is -0.462 e. The Hall–Kier alpha value is -2.04. The second kappa shape index (κ2) is 23.4. The van der Waals surface area contributed by atoms with Crippen LogP contribution in [0, 0.1) is 0 Å². The quantitative estimate of drug-likeness (QED) is 0.0779. The third-order valence-corrected chi connectivity index (χ3v) is 9.60. The van der Waals surface area contributed by atoms with Crippen LogP contribution in [-0.4, -0.2) is 66.1 Å². The molecular formula is C40H67NO8. The van der Waals surface area contributed by atoms with Crippen LogP contribution in [0.5, 0.6) is 0 Å². The lowest BCUT2D eigenvalue weighted by Crippen LogP contribution is -2.68. The van der Waals surface area contributed by atoms with Gasteiger partial charge in [0.05, 0.1) is 19.6 Å². The summed E-state index contributed by atoms with van der Waals surface area (Å²) < 4.78 is 30.2. The normalized spacial score (nSPS) is 23.8. The maximum Gasteiger partial charge on any atom is 0.306 e. The number of aliphatic hydroxyl groups excluding tert-OH is 1. The first-order valence-electron chi connectivity index (χ1n) is 19.5. The predicted molar refractivity (Wildman–Crippen MR) is 192 cm³/mol. The Morgan fingerprint density at radius 3 is 2.10 bits per heavy atom. The number of carbonyl (C=O) groups is 2. The summed E-state index contributed by atoms with van der Waals surface area (Å²) in [6.07, 6.45) is 15.8. The van der Waals surface area contributed by atoms with Gasteiger partial charge < -0.3 is 34.1 Å². The molecule has 280 valence electrons. The van der Waals surface area contributed by atoms with E-state index in [2.05, 4.69) is 19.2 Å². The highest BCUT2D eigenvalue weighted by molar-refractivity contribution is 5.77. The average molecular weight is 690 g/mol. The molecule has 0 bridgehead atoms. The Morgan fingerprint density at radius 1 is 0.878 bits per heavy atom. The zero-order chi connectivity index (χ0) is 35.3. The highest BCUT2D eigenvalue weighted by Gasteiger charge is 2.51. The summed E-state index contributed by atoms with van der Waals surface area (Å²) in [7, 11) is 0. The Kier molecular flexibility index (Phi) is 19.8. The first-order chi connectivity index (χ1) is 23.7. The SMILES string of the molecule is CCCCCCCCCCC[C@H](CC(=O)N[C@H]1[C@H](OCc2ccccc2)O[C@@H]2COC(C)(C)O[C@H]2[C@@H]1O)OC(=O)CCCCCCCCC. The Morgan fingerprint density at radius 2 is 1.47 bits per heavy atom. The van der Waals surface area contributed by atoms with E-state index in [0.717, 1.165) is 44.1 Å². The van der Waals surface area contributed by atoms with Gasteiger partial charge in [-0.25, -0.2) is 0 Å². The van der Waals surface area contributed by atoms with E-state index in [1.807, 2.05) is 30.3 Å². The van der Waals surface area contributed by atoms with E-state index in [4.69, 9.17) is 23.7 Å². The largest absolute Gasteiger partial charge is 0.462 e. The minimum atomic E-state index is -1.10. The van der Waals surface area contributed by atoms with Crippen LogP contribution in [0.2, 0.25) is 0 Å². The zero-order valence-corrected chi connectivity index (χ0v) is 31.0. The van der Waals surface area contributed by atoms with Gasteiger partial charge in [0, 0.05) is 6.42 Å². The standard InChI is InChI=1S/C40H67NO8/c1-5-7-9-11-13-14-16-17-22-26-32(47-35(43)27-23-18-15-12-10-8-6-2)28-34(42)41-36-37(44)38-33(30-46-40(3,4)49-38)48-39(36)45-29-31-24-20-19-21-25-31/h19-21,24-25,32-33,36-39,44H,5-18,22-23,26-30H2,1-4H3,(H,41,42)/t32-,33-,36-,37-,38-,39-/m1/s1. The first-order valence-corrected chi connectivity index (χ1v) is 19.5. The summed E-state index contributed by atoms with van der Waals surface area (Å²) in [6, 6.07) is 8.80. The lowest BCUT2D eigenvalue weighted by atomic mass is 9.95. The van der Waals surface area contributed by atoms with E-state index in [0.29, 0.717) is 12.8 Å². The molecule has 2 aliphatic rings. The average Bonchev–Trinajstić information content (AvgIpc) is 3.08. The monoisotopic (exact) mass is 689 g/mol. The summed E-state index contributed by atoms with van der Waals surface area (Å²) in [4.78, 5) is 26.5. The Balaban J connectivity index is 1.58. The van der Waals surface area contributed by atoms with E-state index >= 15 is 0 Å². The van der Waals surface area contributed by atoms with E-state index in [1.54, 1.807) is 13.8 Å². The second-order valence-corrected chi connectivity index (χ2v) is 14.5. The van der Waals surface area contributed by atoms with Crippen LogP contribution < -0.4 is 5.32 Å². The van der Waals surface area contributed by atoms with Crippen molar-refractivity contribution in [3.63, 3.8) is 0 Å². The van der Waals surface area contributed by atoms with Crippen LogP contribution in [0.15, 0.2) is 30.3 Å². The van der Waals surface area contributed by atoms with Gasteiger partial charge in [-0.1, -0.05) is 134 Å². The number of ether oxygens (including phenoxy) is 5. The molecule has 2 heterocycles. The summed E-state index contributed by atoms with van der Waals surface area (Å²) >= 11 is 0. The van der Waals surface area contributed by atoms with Gasteiger partial charge in [0.1, 0.15) is 30.5 Å². The second-order valence-electron chi connectivity index (χ2n) is 14.5. The van der Waals surface area contributed by atoms with E-state index < -0.39 is 42.5 Å². The molecule has 2 saturated heterocycles. The third kappa shape index (κ3) is 16.2. The molecule has 0 aliphatic carbocycles. The van der Waals surface area contributed by atoms with E-state index in [9.17, 15) is 14.7 Å². The number of hydrogen-bond donors (Lipinski definition) is 2. The van der Waals surface area contributed by atoms with Crippen molar-refractivity contribution >= 4 is 11.9 Å². The number of nitrogens with one attached hydrogen (secondary N) is 1. The maximum absolute atomic E-state index is 13.6. The van der Waals surface area contributed by atoms with Gasteiger partial charge in [0.15, 0.2) is 12.1 Å². The van der Waals surface area contributed by atoms with Gasteiger partial charge >= 0.3 is 5.97 Å². The van der Waals surface area contributed by atoms with Crippen molar-refractivity contribution in [3.05, 3.63) is 35.9 Å². The molecule has 2 N–H and O–H groups in total. The van der Waals surface area contributed by atoms with Crippen molar-refractivity contribution in [2.24, 2.45) is 0 Å². The van der Waals surface area contributed by atoms with Crippen LogP contribution in [-0.2, 0) is 39.9 Å². The fraction of sp³-hybridized carbons (Fsp3) is 0.800. The molecule has 0 spiro atoms. The van der Waals surface area contributed by atoms with Gasteiger partial charge in [-0.2, -0.15) is 0 Å². The smallest absolute Gasteiger partial charge is 0.306 e. The molecule has 2 fully saturated rings. The van der Waals surface area contributed by atoms with Gasteiger partial charge in [-0.15, -0.1) is 0 Å². The molecule has 1 aromatic carbocycles. The summed E-state index contributed by atoms with van der Waals surface area (Å²) in [6.45, 7) is 8.50. The molecule has 1 aromatic rings. The van der Waals surface area contributed by atoms with Crippen LogP contribution in [0.25, 0.3) is 0 Å². The van der Waals surface area contributed by atoms with Gasteiger partial charge in [0.25, 0.3) is 0 Å². The van der Waals surface area contributed by atoms with Gasteiger partial charge in [-0.3, -0.25) is 9.59 Å². The number of benzene rings is 1. The molecule has 0 aromatic heterocycles. The lowest BCUT2D eigenvalue weighted by Gasteiger charge is -2.49. The zero-order valence-electron chi connectivity index (χ0n) is 31.0. The van der Waals surface area contributed by atoms with Crippen molar-refractivity contribution in [2.75, 3.05) is 6.61 Å². The number of aliphatic hydroxyl groups is 1. The number of carbonyl (C=O) groups excluding carboxylic acids is 2. The van der Waals surface area contributed by atoms with E-state index in [-0.39, 0.29) is 31.5 Å². The molecule has 9 heteroatoms. The third-order valence-electron chi connectivity index (χ3n) is 9.60. The molecule has 0 radical (unpaired) electrons. The minimum absolute atomic E-state index is 0.0119. The van der Waals surface area contributed by atoms with Crippen molar-refractivity contribution in [1.82, 2.24) is 5.32 Å². The number of hydrogen-bond acceptors (Lipinski definition) is 8. The van der Waals surface area contributed by atoms with Crippen molar-refractivity contribution in [2.45, 2.75) is 199 Å². The molecule has 6 atom stereocenters. The molecule has 3 rings (SSSR count). The Bertz CT molecular complexity index is 1040. The molecule has 2 aliphatic heterocycles. The molecule has 49 heavy (non-hydrogen) atoms. The van der Waals surface area contributed by atoms with Crippen LogP contribution in [0.1, 0.15) is 155 Å². The molecule has 9 nitrogen and oxygen atoms in total. The highest BCUT2D eigenvalue weighted by atomic mass is 16.8. The fourth-order valence-electron chi connectivity index (χ4n) is 6.70. The number of esters is 1. The first kappa shape index (κ1) is 41.4. The number of rotatable bonds is 25.